The van der Waals surface area contributed by atoms with Crippen LogP contribution < -0.4 is 0 Å². The van der Waals surface area contributed by atoms with Crippen molar-refractivity contribution < 1.29 is 4.39 Å². The van der Waals surface area contributed by atoms with Gasteiger partial charge in [0.25, 0.3) is 0 Å². The van der Waals surface area contributed by atoms with Gasteiger partial charge >= 0.3 is 0 Å². The molecule has 0 aliphatic carbocycles. The summed E-state index contributed by atoms with van der Waals surface area (Å²) < 4.78 is 13.3. The molecular weight excluding hydrogens is 261 g/mol. The SMILES string of the molecule is Cc1cc(-c2ccc3ncc(F)cc3c2)ccc1C(C)C. The zero-order valence-corrected chi connectivity index (χ0v) is 12.5. The van der Waals surface area contributed by atoms with Crippen molar-refractivity contribution in [1.29, 1.82) is 0 Å². The fourth-order valence-corrected chi connectivity index (χ4v) is 2.79. The second-order valence-electron chi connectivity index (χ2n) is 5.79. The third-order valence-electron chi connectivity index (χ3n) is 3.87. The van der Waals surface area contributed by atoms with E-state index in [0.29, 0.717) is 5.92 Å². The highest BCUT2D eigenvalue weighted by Gasteiger charge is 2.06. The first-order chi connectivity index (χ1) is 10.0. The molecule has 0 aliphatic heterocycles. The van der Waals surface area contributed by atoms with Crippen molar-refractivity contribution >= 4 is 10.9 Å². The van der Waals surface area contributed by atoms with Gasteiger partial charge in [-0.1, -0.05) is 38.1 Å². The van der Waals surface area contributed by atoms with E-state index in [9.17, 15) is 4.39 Å². The summed E-state index contributed by atoms with van der Waals surface area (Å²) in [4.78, 5) is 4.10. The Morgan fingerprint density at radius 3 is 2.38 bits per heavy atom. The van der Waals surface area contributed by atoms with E-state index in [4.69, 9.17) is 0 Å². The predicted octanol–water partition coefficient (Wildman–Crippen LogP) is 5.47. The maximum atomic E-state index is 13.3. The summed E-state index contributed by atoms with van der Waals surface area (Å²) in [7, 11) is 0. The van der Waals surface area contributed by atoms with Crippen molar-refractivity contribution in [2.45, 2.75) is 26.7 Å². The Morgan fingerprint density at radius 1 is 0.952 bits per heavy atom. The van der Waals surface area contributed by atoms with Gasteiger partial charge < -0.3 is 0 Å². The molecule has 0 bridgehead atoms. The number of hydrogen-bond donors (Lipinski definition) is 0. The average Bonchev–Trinajstić information content (AvgIpc) is 2.46. The minimum atomic E-state index is -0.300. The highest BCUT2D eigenvalue weighted by atomic mass is 19.1. The van der Waals surface area contributed by atoms with Crippen LogP contribution in [0.25, 0.3) is 22.0 Å². The van der Waals surface area contributed by atoms with Crippen LogP contribution in [0.1, 0.15) is 30.9 Å². The summed E-state index contributed by atoms with van der Waals surface area (Å²) in [5.41, 5.74) is 5.72. The molecule has 21 heavy (non-hydrogen) atoms. The van der Waals surface area contributed by atoms with Crippen LogP contribution in [-0.2, 0) is 0 Å². The maximum absolute atomic E-state index is 13.3. The summed E-state index contributed by atoms with van der Waals surface area (Å²) in [5, 5.41) is 0.832. The average molecular weight is 279 g/mol. The molecule has 0 saturated heterocycles. The monoisotopic (exact) mass is 279 g/mol. The lowest BCUT2D eigenvalue weighted by molar-refractivity contribution is 0.624. The van der Waals surface area contributed by atoms with Gasteiger partial charge in [-0.05, 0) is 53.3 Å². The third kappa shape index (κ3) is 2.66. The molecule has 106 valence electrons. The molecule has 0 aliphatic rings. The highest BCUT2D eigenvalue weighted by Crippen LogP contribution is 2.28. The maximum Gasteiger partial charge on any atom is 0.142 e. The Balaban J connectivity index is 2.09. The Labute approximate surface area is 124 Å². The summed E-state index contributed by atoms with van der Waals surface area (Å²) in [6, 6.07) is 14.0. The molecule has 0 unspecified atom stereocenters. The molecule has 1 heterocycles. The van der Waals surface area contributed by atoms with Gasteiger partial charge in [-0.3, -0.25) is 4.98 Å². The standard InChI is InChI=1S/C19H18FN/c1-12(2)18-6-4-14(8-13(18)3)15-5-7-19-16(9-15)10-17(20)11-21-19/h4-12H,1-3H3. The molecule has 0 N–H and O–H groups in total. The summed E-state index contributed by atoms with van der Waals surface area (Å²) >= 11 is 0. The van der Waals surface area contributed by atoms with Crippen LogP contribution in [0.15, 0.2) is 48.7 Å². The smallest absolute Gasteiger partial charge is 0.142 e. The number of benzene rings is 2. The Bertz CT molecular complexity index is 806. The number of halogens is 1. The third-order valence-corrected chi connectivity index (χ3v) is 3.87. The van der Waals surface area contributed by atoms with Gasteiger partial charge in [0.15, 0.2) is 0 Å². The topological polar surface area (TPSA) is 12.9 Å². The van der Waals surface area contributed by atoms with Crippen molar-refractivity contribution in [2.24, 2.45) is 0 Å². The van der Waals surface area contributed by atoms with E-state index in [1.54, 1.807) is 0 Å². The lowest BCUT2D eigenvalue weighted by Crippen LogP contribution is -1.92. The van der Waals surface area contributed by atoms with E-state index >= 15 is 0 Å². The number of pyridine rings is 1. The summed E-state index contributed by atoms with van der Waals surface area (Å²) in [5.74, 6) is 0.222. The first-order valence-corrected chi connectivity index (χ1v) is 7.21. The van der Waals surface area contributed by atoms with E-state index in [1.165, 1.54) is 23.4 Å². The van der Waals surface area contributed by atoms with Crippen molar-refractivity contribution in [3.63, 3.8) is 0 Å². The minimum Gasteiger partial charge on any atom is -0.253 e. The number of fused-ring (bicyclic) bond motifs is 1. The van der Waals surface area contributed by atoms with Crippen molar-refractivity contribution in [3.8, 4) is 11.1 Å². The van der Waals surface area contributed by atoms with Gasteiger partial charge in [-0.15, -0.1) is 0 Å². The fraction of sp³-hybridized carbons (Fsp3) is 0.211. The summed E-state index contributed by atoms with van der Waals surface area (Å²) in [6.45, 7) is 6.54. The highest BCUT2D eigenvalue weighted by molar-refractivity contribution is 5.84. The molecule has 0 saturated carbocycles. The molecular formula is C19H18FN. The van der Waals surface area contributed by atoms with Crippen LogP contribution in [0.4, 0.5) is 4.39 Å². The van der Waals surface area contributed by atoms with Crippen LogP contribution in [-0.4, -0.2) is 4.98 Å². The van der Waals surface area contributed by atoms with Crippen LogP contribution in [0.2, 0.25) is 0 Å². The number of hydrogen-bond acceptors (Lipinski definition) is 1. The van der Waals surface area contributed by atoms with Gasteiger partial charge in [-0.25, -0.2) is 4.39 Å². The molecule has 0 radical (unpaired) electrons. The lowest BCUT2D eigenvalue weighted by Gasteiger charge is -2.12. The molecule has 3 aromatic rings. The van der Waals surface area contributed by atoms with Crippen LogP contribution in [0.3, 0.4) is 0 Å². The minimum absolute atomic E-state index is 0.300. The van der Waals surface area contributed by atoms with Crippen LogP contribution in [0.5, 0.6) is 0 Å². The van der Waals surface area contributed by atoms with Crippen LogP contribution >= 0.6 is 0 Å². The lowest BCUT2D eigenvalue weighted by atomic mass is 9.93. The molecule has 0 spiro atoms. The molecule has 3 rings (SSSR count). The Morgan fingerprint density at radius 2 is 1.67 bits per heavy atom. The second-order valence-corrected chi connectivity index (χ2v) is 5.79. The molecule has 2 aromatic carbocycles. The number of aromatic nitrogens is 1. The van der Waals surface area contributed by atoms with Gasteiger partial charge in [0.05, 0.1) is 11.7 Å². The fourth-order valence-electron chi connectivity index (χ4n) is 2.79. The summed E-state index contributed by atoms with van der Waals surface area (Å²) in [6.07, 6.45) is 1.25. The van der Waals surface area contributed by atoms with E-state index in [2.05, 4.69) is 44.0 Å². The predicted molar refractivity (Wildman–Crippen MR) is 86.0 cm³/mol. The Kier molecular flexibility index (Phi) is 3.46. The van der Waals surface area contributed by atoms with Gasteiger partial charge in [-0.2, -0.15) is 0 Å². The zero-order valence-electron chi connectivity index (χ0n) is 12.5. The van der Waals surface area contributed by atoms with E-state index in [0.717, 1.165) is 22.0 Å². The molecule has 1 aromatic heterocycles. The van der Waals surface area contributed by atoms with Gasteiger partial charge in [0, 0.05) is 5.39 Å². The number of aryl methyl sites for hydroxylation is 1. The zero-order chi connectivity index (χ0) is 15.0. The number of nitrogens with zero attached hydrogens (tertiary/aromatic N) is 1. The molecule has 0 fully saturated rings. The van der Waals surface area contributed by atoms with Gasteiger partial charge in [0.1, 0.15) is 5.82 Å². The Hall–Kier alpha value is -2.22. The van der Waals surface area contributed by atoms with Gasteiger partial charge in [0.2, 0.25) is 0 Å². The molecule has 0 atom stereocenters. The first-order valence-electron chi connectivity index (χ1n) is 7.21. The van der Waals surface area contributed by atoms with E-state index < -0.39 is 0 Å². The quantitative estimate of drug-likeness (QED) is 0.606. The number of rotatable bonds is 2. The molecule has 2 heteroatoms. The van der Waals surface area contributed by atoms with E-state index in [1.807, 2.05) is 18.2 Å². The largest absolute Gasteiger partial charge is 0.253 e. The van der Waals surface area contributed by atoms with Crippen molar-refractivity contribution in [3.05, 3.63) is 65.6 Å². The first kappa shape index (κ1) is 13.7. The van der Waals surface area contributed by atoms with Crippen LogP contribution in [0, 0.1) is 12.7 Å². The molecule has 0 amide bonds. The second kappa shape index (κ2) is 5.28. The van der Waals surface area contributed by atoms with Crippen molar-refractivity contribution in [2.75, 3.05) is 0 Å². The van der Waals surface area contributed by atoms with Crippen molar-refractivity contribution in [1.82, 2.24) is 4.98 Å². The van der Waals surface area contributed by atoms with E-state index in [-0.39, 0.29) is 5.82 Å². The normalized spacial score (nSPS) is 11.3. The molecule has 1 nitrogen and oxygen atoms in total.